The highest BCUT2D eigenvalue weighted by Crippen LogP contribution is 2.43. The van der Waals surface area contributed by atoms with Gasteiger partial charge in [-0.3, -0.25) is 0 Å². The van der Waals surface area contributed by atoms with Gasteiger partial charge in [0.15, 0.2) is 0 Å². The molecule has 1 aliphatic rings. The van der Waals surface area contributed by atoms with Crippen molar-refractivity contribution in [3.8, 4) is 0 Å². The van der Waals surface area contributed by atoms with E-state index in [-0.39, 0.29) is 11.2 Å². The monoisotopic (exact) mass is 277 g/mol. The molecule has 1 aromatic carbocycles. The van der Waals surface area contributed by atoms with Crippen molar-refractivity contribution in [2.24, 2.45) is 0 Å². The van der Waals surface area contributed by atoms with E-state index in [0.717, 1.165) is 31.4 Å². The average molecular weight is 277 g/mol. The summed E-state index contributed by atoms with van der Waals surface area (Å²) in [6.07, 6.45) is 5.75. The van der Waals surface area contributed by atoms with E-state index in [9.17, 15) is 9.90 Å². The zero-order valence-corrected chi connectivity index (χ0v) is 12.3. The lowest BCUT2D eigenvalue weighted by molar-refractivity contribution is -0.306. The number of benzene rings is 1. The number of carbonyl (C=O) groups is 1. The van der Waals surface area contributed by atoms with Gasteiger partial charge in [0.25, 0.3) is 0 Å². The molecule has 0 bridgehead atoms. The largest absolute Gasteiger partial charge is 0.550 e. The fraction of sp³-hybridized carbons (Fsp3) is 0.562. The van der Waals surface area contributed by atoms with E-state index in [1.807, 2.05) is 11.8 Å². The predicted octanol–water partition coefficient (Wildman–Crippen LogP) is 3.07. The molecule has 0 N–H and O–H groups in total. The lowest BCUT2D eigenvalue weighted by Gasteiger charge is -2.37. The smallest absolute Gasteiger partial charge is 0.0428 e. The Kier molecular flexibility index (Phi) is 4.92. The van der Waals surface area contributed by atoms with Crippen molar-refractivity contribution in [1.82, 2.24) is 0 Å². The summed E-state index contributed by atoms with van der Waals surface area (Å²) < 4.78 is -0.0953. The van der Waals surface area contributed by atoms with Crippen LogP contribution in [0.25, 0.3) is 0 Å². The van der Waals surface area contributed by atoms with E-state index in [1.54, 1.807) is 0 Å². The van der Waals surface area contributed by atoms with Crippen LogP contribution in [0.15, 0.2) is 24.3 Å². The first-order chi connectivity index (χ1) is 9.10. The molecule has 19 heavy (non-hydrogen) atoms. The normalized spacial score (nSPS) is 18.2. The molecular weight excluding hydrogens is 256 g/mol. The number of hydrogen-bond acceptors (Lipinski definition) is 3. The summed E-state index contributed by atoms with van der Waals surface area (Å²) in [7, 11) is 0. The third-order valence-electron chi connectivity index (χ3n) is 3.90. The van der Waals surface area contributed by atoms with Crippen LogP contribution in [0.2, 0.25) is 0 Å². The van der Waals surface area contributed by atoms with Gasteiger partial charge in [-0.05, 0) is 25.3 Å². The lowest BCUT2D eigenvalue weighted by atomic mass is 9.86. The molecule has 0 aliphatic heterocycles. The fourth-order valence-electron chi connectivity index (χ4n) is 2.75. The summed E-state index contributed by atoms with van der Waals surface area (Å²) in [6, 6.07) is 8.50. The maximum absolute atomic E-state index is 11.0. The number of carboxylic acids is 1. The van der Waals surface area contributed by atoms with Gasteiger partial charge in [0.05, 0.1) is 0 Å². The van der Waals surface area contributed by atoms with Gasteiger partial charge in [-0.15, -0.1) is 11.8 Å². The highest BCUT2D eigenvalue weighted by molar-refractivity contribution is 7.99. The van der Waals surface area contributed by atoms with E-state index >= 15 is 0 Å². The van der Waals surface area contributed by atoms with Gasteiger partial charge in [0.2, 0.25) is 0 Å². The Hall–Kier alpha value is -0.960. The third kappa shape index (κ3) is 4.27. The van der Waals surface area contributed by atoms with Gasteiger partial charge in [0, 0.05) is 22.9 Å². The zero-order valence-electron chi connectivity index (χ0n) is 11.5. The number of aliphatic carboxylic acids is 1. The molecule has 2 rings (SSSR count). The Labute approximate surface area is 119 Å². The molecule has 1 saturated carbocycles. The van der Waals surface area contributed by atoms with Crippen LogP contribution in [-0.2, 0) is 10.5 Å². The van der Waals surface area contributed by atoms with E-state index in [0.29, 0.717) is 0 Å². The highest BCUT2D eigenvalue weighted by Gasteiger charge is 2.32. The third-order valence-corrected chi connectivity index (χ3v) is 5.54. The molecule has 1 aliphatic carbocycles. The summed E-state index contributed by atoms with van der Waals surface area (Å²) in [5.41, 5.74) is 2.54. The van der Waals surface area contributed by atoms with Crippen molar-refractivity contribution < 1.29 is 9.90 Å². The Morgan fingerprint density at radius 2 is 1.84 bits per heavy atom. The molecule has 104 valence electrons. The van der Waals surface area contributed by atoms with Gasteiger partial charge >= 0.3 is 0 Å². The van der Waals surface area contributed by atoms with Crippen molar-refractivity contribution in [1.29, 1.82) is 0 Å². The summed E-state index contributed by atoms with van der Waals surface area (Å²) in [4.78, 5) is 11.0. The predicted molar refractivity (Wildman–Crippen MR) is 77.9 cm³/mol. The van der Waals surface area contributed by atoms with Crippen molar-refractivity contribution in [3.63, 3.8) is 0 Å². The SMILES string of the molecule is Cc1ccc(CSC2(CC(=O)[O-])CCCCC2)cc1. The number of thioether (sulfide) groups is 1. The molecule has 3 heteroatoms. The highest BCUT2D eigenvalue weighted by atomic mass is 32.2. The van der Waals surface area contributed by atoms with Gasteiger partial charge in [-0.1, -0.05) is 49.1 Å². The van der Waals surface area contributed by atoms with E-state index in [1.165, 1.54) is 17.5 Å². The summed E-state index contributed by atoms with van der Waals surface area (Å²) in [5.74, 6) is -0.00796. The van der Waals surface area contributed by atoms with Crippen molar-refractivity contribution in [2.45, 2.75) is 55.9 Å². The van der Waals surface area contributed by atoms with Crippen LogP contribution in [0.4, 0.5) is 0 Å². The zero-order chi connectivity index (χ0) is 13.7. The van der Waals surface area contributed by atoms with E-state index < -0.39 is 5.97 Å². The number of hydrogen-bond donors (Lipinski definition) is 0. The number of carboxylic acid groups (broad SMARTS) is 1. The molecule has 1 fully saturated rings. The standard InChI is InChI=1S/C16H22O2S/c1-13-5-7-14(8-6-13)12-19-16(11-15(17)18)9-3-2-4-10-16/h5-8H,2-4,9-12H2,1H3,(H,17,18)/p-1. The fourth-order valence-corrected chi connectivity index (χ4v) is 4.21. The van der Waals surface area contributed by atoms with Crippen LogP contribution in [0.1, 0.15) is 49.7 Å². The molecule has 0 radical (unpaired) electrons. The minimum absolute atomic E-state index is 0.0953. The molecule has 0 amide bonds. The topological polar surface area (TPSA) is 40.1 Å². The second-order valence-electron chi connectivity index (χ2n) is 5.57. The van der Waals surface area contributed by atoms with Gasteiger partial charge in [0.1, 0.15) is 0 Å². The molecule has 0 saturated heterocycles. The Morgan fingerprint density at radius 1 is 1.21 bits per heavy atom. The molecule has 1 aromatic rings. The Bertz CT molecular complexity index is 419. The quantitative estimate of drug-likeness (QED) is 0.830. The minimum Gasteiger partial charge on any atom is -0.550 e. The Morgan fingerprint density at radius 3 is 2.42 bits per heavy atom. The van der Waals surface area contributed by atoms with Crippen LogP contribution < -0.4 is 5.11 Å². The Balaban J connectivity index is 1.99. The van der Waals surface area contributed by atoms with Crippen LogP contribution >= 0.6 is 11.8 Å². The molecule has 0 aromatic heterocycles. The number of aryl methyl sites for hydroxylation is 1. The first kappa shape index (κ1) is 14.4. The number of carbonyl (C=O) groups excluding carboxylic acids is 1. The van der Waals surface area contributed by atoms with Gasteiger partial charge in [-0.25, -0.2) is 0 Å². The maximum Gasteiger partial charge on any atom is 0.0428 e. The second kappa shape index (κ2) is 6.47. The minimum atomic E-state index is -0.904. The summed E-state index contributed by atoms with van der Waals surface area (Å²) in [5, 5.41) is 11.0. The van der Waals surface area contributed by atoms with Crippen LogP contribution in [0, 0.1) is 6.92 Å². The molecule has 0 atom stereocenters. The molecule has 0 spiro atoms. The first-order valence-electron chi connectivity index (χ1n) is 6.99. The van der Waals surface area contributed by atoms with Crippen LogP contribution in [0.3, 0.4) is 0 Å². The van der Waals surface area contributed by atoms with E-state index in [4.69, 9.17) is 0 Å². The molecule has 0 unspecified atom stereocenters. The van der Waals surface area contributed by atoms with E-state index in [2.05, 4.69) is 31.2 Å². The molecule has 0 heterocycles. The van der Waals surface area contributed by atoms with Gasteiger partial charge < -0.3 is 9.90 Å². The molecule has 2 nitrogen and oxygen atoms in total. The molecular formula is C16H21O2S-. The maximum atomic E-state index is 11.0. The van der Waals surface area contributed by atoms with Crippen molar-refractivity contribution in [2.75, 3.05) is 0 Å². The summed E-state index contributed by atoms with van der Waals surface area (Å²) in [6.45, 7) is 2.08. The first-order valence-corrected chi connectivity index (χ1v) is 7.98. The summed E-state index contributed by atoms with van der Waals surface area (Å²) >= 11 is 1.81. The van der Waals surface area contributed by atoms with Gasteiger partial charge in [-0.2, -0.15) is 0 Å². The average Bonchev–Trinajstić information content (AvgIpc) is 2.38. The van der Waals surface area contributed by atoms with Crippen LogP contribution in [-0.4, -0.2) is 10.7 Å². The lowest BCUT2D eigenvalue weighted by Crippen LogP contribution is -2.36. The van der Waals surface area contributed by atoms with Crippen molar-refractivity contribution >= 4 is 17.7 Å². The second-order valence-corrected chi connectivity index (χ2v) is 7.01. The van der Waals surface area contributed by atoms with Crippen molar-refractivity contribution in [3.05, 3.63) is 35.4 Å². The van der Waals surface area contributed by atoms with Crippen LogP contribution in [0.5, 0.6) is 0 Å². The number of rotatable bonds is 5.